The van der Waals surface area contributed by atoms with E-state index in [-0.39, 0.29) is 0 Å². The van der Waals surface area contributed by atoms with Crippen molar-refractivity contribution in [2.75, 3.05) is 0 Å². The summed E-state index contributed by atoms with van der Waals surface area (Å²) >= 11 is 6.20. The van der Waals surface area contributed by atoms with Crippen molar-refractivity contribution >= 4 is 17.6 Å². The van der Waals surface area contributed by atoms with E-state index in [9.17, 15) is 9.90 Å². The van der Waals surface area contributed by atoms with Gasteiger partial charge in [0.1, 0.15) is 0 Å². The summed E-state index contributed by atoms with van der Waals surface area (Å²) in [6.45, 7) is 0. The number of alkyl halides is 1. The summed E-state index contributed by atoms with van der Waals surface area (Å²) in [4.78, 5) is 9.73. The zero-order chi connectivity index (χ0) is 11.6. The highest BCUT2D eigenvalue weighted by molar-refractivity contribution is 6.35. The highest BCUT2D eigenvalue weighted by atomic mass is 35.5. The molecule has 1 unspecified atom stereocenters. The molecule has 2 aromatic rings. The van der Waals surface area contributed by atoms with Crippen molar-refractivity contribution in [3.8, 4) is 0 Å². The van der Waals surface area contributed by atoms with Gasteiger partial charge in [0.2, 0.25) is 4.87 Å². The molecule has 0 fully saturated rings. The minimum atomic E-state index is -1.61. The Hall–Kier alpha value is -1.81. The molecule has 0 radical (unpaired) electrons. The maximum absolute atomic E-state index is 11.3. The Morgan fingerprint density at radius 2 is 2.00 bits per heavy atom. The van der Waals surface area contributed by atoms with Crippen LogP contribution in [-0.2, 0) is 9.67 Å². The number of hydrogen-bond acceptors (Lipinski definition) is 2. The van der Waals surface area contributed by atoms with Gasteiger partial charge in [-0.05, 0) is 11.6 Å². The van der Waals surface area contributed by atoms with E-state index in [0.29, 0.717) is 11.3 Å². The quantitative estimate of drug-likeness (QED) is 0.801. The van der Waals surface area contributed by atoms with Crippen LogP contribution in [0.15, 0.2) is 42.6 Å². The zero-order valence-corrected chi connectivity index (χ0v) is 8.98. The molecule has 0 spiro atoms. The van der Waals surface area contributed by atoms with Crippen molar-refractivity contribution in [2.45, 2.75) is 4.87 Å². The zero-order valence-electron chi connectivity index (χ0n) is 8.22. The number of aliphatic carboxylic acids is 1. The minimum absolute atomic E-state index is 0.341. The van der Waals surface area contributed by atoms with Crippen LogP contribution in [0.3, 0.4) is 0 Å². The number of H-pyrrole nitrogens is 1. The lowest BCUT2D eigenvalue weighted by atomic mass is 9.95. The fourth-order valence-corrected chi connectivity index (χ4v) is 1.74. The molecule has 82 valence electrons. The predicted molar refractivity (Wildman–Crippen MR) is 59.3 cm³/mol. The van der Waals surface area contributed by atoms with Crippen molar-refractivity contribution in [1.82, 2.24) is 10.2 Å². The lowest BCUT2D eigenvalue weighted by molar-refractivity contribution is -0.139. The van der Waals surface area contributed by atoms with E-state index in [4.69, 9.17) is 11.6 Å². The van der Waals surface area contributed by atoms with Crippen molar-refractivity contribution in [1.29, 1.82) is 0 Å². The van der Waals surface area contributed by atoms with Crippen molar-refractivity contribution in [2.24, 2.45) is 0 Å². The highest BCUT2D eigenvalue weighted by Gasteiger charge is 2.41. The second kappa shape index (κ2) is 3.98. The number of carbonyl (C=O) groups is 1. The second-order valence-electron chi connectivity index (χ2n) is 3.30. The van der Waals surface area contributed by atoms with E-state index in [1.807, 2.05) is 0 Å². The van der Waals surface area contributed by atoms with E-state index in [2.05, 4.69) is 10.2 Å². The van der Waals surface area contributed by atoms with E-state index in [0.717, 1.165) is 0 Å². The van der Waals surface area contributed by atoms with Gasteiger partial charge in [-0.15, -0.1) is 0 Å². The molecule has 2 N–H and O–H groups in total. The number of nitrogens with one attached hydrogen (secondary N) is 1. The number of benzene rings is 1. The molecule has 5 heteroatoms. The molecule has 0 amide bonds. The van der Waals surface area contributed by atoms with E-state index >= 15 is 0 Å². The monoisotopic (exact) mass is 236 g/mol. The van der Waals surface area contributed by atoms with E-state index in [1.165, 1.54) is 6.20 Å². The number of rotatable bonds is 3. The molecule has 4 nitrogen and oxygen atoms in total. The van der Waals surface area contributed by atoms with E-state index in [1.54, 1.807) is 36.4 Å². The van der Waals surface area contributed by atoms with Gasteiger partial charge in [0.15, 0.2) is 0 Å². The van der Waals surface area contributed by atoms with Crippen LogP contribution in [0.25, 0.3) is 0 Å². The Labute approximate surface area is 96.9 Å². The lowest BCUT2D eigenvalue weighted by Crippen LogP contribution is -2.31. The Kier molecular flexibility index (Phi) is 2.66. The van der Waals surface area contributed by atoms with Gasteiger partial charge < -0.3 is 5.11 Å². The fraction of sp³-hybridized carbons (Fsp3) is 0.0909. The number of nitrogens with zero attached hydrogens (tertiary/aromatic N) is 1. The molecular weight excluding hydrogens is 228 g/mol. The standard InChI is InChI=1S/C11H9ClN2O2/c12-11(10(15)16,9-6-7-13-14-9)8-4-2-1-3-5-8/h1-7H,(H,13,14)(H,15,16). The number of aromatic nitrogens is 2. The largest absolute Gasteiger partial charge is 0.479 e. The third-order valence-corrected chi connectivity index (χ3v) is 2.92. The molecule has 1 aromatic carbocycles. The summed E-state index contributed by atoms with van der Waals surface area (Å²) in [7, 11) is 0. The summed E-state index contributed by atoms with van der Waals surface area (Å²) in [6, 6.07) is 10.2. The van der Waals surface area contributed by atoms with Crippen LogP contribution in [0.4, 0.5) is 0 Å². The Morgan fingerprint density at radius 3 is 2.50 bits per heavy atom. The van der Waals surface area contributed by atoms with Gasteiger partial charge in [-0.1, -0.05) is 41.9 Å². The molecular formula is C11H9ClN2O2. The first-order valence-electron chi connectivity index (χ1n) is 4.63. The van der Waals surface area contributed by atoms with Crippen LogP contribution >= 0.6 is 11.6 Å². The molecule has 0 bridgehead atoms. The van der Waals surface area contributed by atoms with Crippen LogP contribution < -0.4 is 0 Å². The van der Waals surface area contributed by atoms with Crippen molar-refractivity contribution in [3.63, 3.8) is 0 Å². The molecule has 1 aromatic heterocycles. The van der Waals surface area contributed by atoms with Gasteiger partial charge in [0.25, 0.3) is 0 Å². The average Bonchev–Trinajstić information content (AvgIpc) is 2.82. The first kappa shape index (κ1) is 10.7. The summed E-state index contributed by atoms with van der Waals surface area (Å²) in [5.74, 6) is -1.13. The number of hydrogen-bond donors (Lipinski definition) is 2. The summed E-state index contributed by atoms with van der Waals surface area (Å²) in [6.07, 6.45) is 1.47. The maximum Gasteiger partial charge on any atom is 0.335 e. The molecule has 0 aliphatic rings. The van der Waals surface area contributed by atoms with Crippen LogP contribution in [0.5, 0.6) is 0 Å². The Morgan fingerprint density at radius 1 is 1.31 bits per heavy atom. The summed E-state index contributed by atoms with van der Waals surface area (Å²) in [5, 5.41) is 15.6. The lowest BCUT2D eigenvalue weighted by Gasteiger charge is -2.20. The van der Waals surface area contributed by atoms with Crippen LogP contribution in [-0.4, -0.2) is 21.3 Å². The minimum Gasteiger partial charge on any atom is -0.479 e. The van der Waals surface area contributed by atoms with Gasteiger partial charge in [-0.3, -0.25) is 5.10 Å². The van der Waals surface area contributed by atoms with Crippen molar-refractivity contribution in [3.05, 3.63) is 53.9 Å². The van der Waals surface area contributed by atoms with Crippen LogP contribution in [0, 0.1) is 0 Å². The van der Waals surface area contributed by atoms with Gasteiger partial charge in [-0.25, -0.2) is 4.79 Å². The van der Waals surface area contributed by atoms with Gasteiger partial charge in [0, 0.05) is 6.20 Å². The average molecular weight is 237 g/mol. The second-order valence-corrected chi connectivity index (χ2v) is 3.87. The fourth-order valence-electron chi connectivity index (χ4n) is 1.51. The smallest absolute Gasteiger partial charge is 0.335 e. The summed E-state index contributed by atoms with van der Waals surface area (Å²) < 4.78 is 0. The third kappa shape index (κ3) is 1.57. The molecule has 0 aliphatic carbocycles. The summed E-state index contributed by atoms with van der Waals surface area (Å²) in [5.41, 5.74) is 0.835. The van der Waals surface area contributed by atoms with Crippen molar-refractivity contribution < 1.29 is 9.90 Å². The molecule has 0 aliphatic heterocycles. The number of aromatic amines is 1. The van der Waals surface area contributed by atoms with Gasteiger partial charge >= 0.3 is 5.97 Å². The van der Waals surface area contributed by atoms with Gasteiger partial charge in [-0.2, -0.15) is 5.10 Å². The molecule has 2 rings (SSSR count). The topological polar surface area (TPSA) is 66.0 Å². The molecule has 16 heavy (non-hydrogen) atoms. The third-order valence-electron chi connectivity index (χ3n) is 2.34. The molecule has 1 heterocycles. The number of carboxylic acid groups (broad SMARTS) is 1. The van der Waals surface area contributed by atoms with E-state index < -0.39 is 10.8 Å². The maximum atomic E-state index is 11.3. The van der Waals surface area contributed by atoms with Crippen LogP contribution in [0.1, 0.15) is 11.3 Å². The first-order valence-corrected chi connectivity index (χ1v) is 5.01. The number of halogens is 1. The Bertz CT molecular complexity index is 484. The number of carboxylic acids is 1. The van der Waals surface area contributed by atoms with Crippen LogP contribution in [0.2, 0.25) is 0 Å². The molecule has 0 saturated carbocycles. The SMILES string of the molecule is O=C(O)C(Cl)(c1ccccc1)c1ccn[nH]1. The van der Waals surface area contributed by atoms with Gasteiger partial charge in [0.05, 0.1) is 5.69 Å². The Balaban J connectivity index is 2.58. The predicted octanol–water partition coefficient (Wildman–Crippen LogP) is 1.98. The normalized spacial score (nSPS) is 14.3. The first-order chi connectivity index (χ1) is 7.65. The highest BCUT2D eigenvalue weighted by Crippen LogP contribution is 2.35. The molecule has 1 atom stereocenters. The molecule has 0 saturated heterocycles.